The van der Waals surface area contributed by atoms with Gasteiger partial charge in [-0.3, -0.25) is 4.79 Å². The first-order valence-corrected chi connectivity index (χ1v) is 9.91. The van der Waals surface area contributed by atoms with Crippen LogP contribution in [-0.4, -0.2) is 27.7 Å². The highest BCUT2D eigenvalue weighted by Gasteiger charge is 2.19. The molecule has 27 heavy (non-hydrogen) atoms. The van der Waals surface area contributed by atoms with Gasteiger partial charge in [0, 0.05) is 24.3 Å². The molecule has 6 heteroatoms. The van der Waals surface area contributed by atoms with Crippen molar-refractivity contribution in [3.63, 3.8) is 0 Å². The molecule has 3 rings (SSSR count). The van der Waals surface area contributed by atoms with Crippen LogP contribution in [0.5, 0.6) is 5.75 Å². The Morgan fingerprint density at radius 3 is 2.96 bits per heavy atom. The van der Waals surface area contributed by atoms with Gasteiger partial charge in [-0.15, -0.1) is 0 Å². The van der Waals surface area contributed by atoms with Crippen molar-refractivity contribution < 1.29 is 5.11 Å². The summed E-state index contributed by atoms with van der Waals surface area (Å²) in [6.07, 6.45) is 6.96. The highest BCUT2D eigenvalue weighted by atomic mass is 16.3. The van der Waals surface area contributed by atoms with E-state index >= 15 is 0 Å². The Morgan fingerprint density at radius 1 is 1.44 bits per heavy atom. The highest BCUT2D eigenvalue weighted by molar-refractivity contribution is 5.68. The van der Waals surface area contributed by atoms with Crippen LogP contribution in [-0.2, 0) is 6.42 Å². The second kappa shape index (κ2) is 8.57. The van der Waals surface area contributed by atoms with E-state index in [0.29, 0.717) is 17.2 Å². The van der Waals surface area contributed by atoms with E-state index in [1.807, 2.05) is 12.1 Å². The van der Waals surface area contributed by atoms with Crippen molar-refractivity contribution in [3.8, 4) is 17.0 Å². The lowest BCUT2D eigenvalue weighted by atomic mass is 9.95. The van der Waals surface area contributed by atoms with Crippen LogP contribution in [0.4, 0.5) is 5.82 Å². The van der Waals surface area contributed by atoms with Crippen molar-refractivity contribution in [3.05, 3.63) is 40.3 Å². The van der Waals surface area contributed by atoms with Crippen LogP contribution in [0.2, 0.25) is 0 Å². The number of benzene rings is 1. The van der Waals surface area contributed by atoms with Crippen LogP contribution in [0.1, 0.15) is 51.1 Å². The highest BCUT2D eigenvalue weighted by Crippen LogP contribution is 2.30. The number of hydrogen-bond acceptors (Lipinski definition) is 5. The number of aromatic hydroxyl groups is 1. The van der Waals surface area contributed by atoms with Crippen molar-refractivity contribution in [2.45, 2.75) is 52.0 Å². The maximum absolute atomic E-state index is 12.5. The summed E-state index contributed by atoms with van der Waals surface area (Å²) >= 11 is 0. The molecule has 1 aromatic heterocycles. The molecule has 1 saturated heterocycles. The number of phenols is 1. The van der Waals surface area contributed by atoms with Crippen molar-refractivity contribution in [2.75, 3.05) is 18.8 Å². The first-order valence-electron chi connectivity index (χ1n) is 9.91. The van der Waals surface area contributed by atoms with Gasteiger partial charge in [-0.25, -0.2) is 4.98 Å². The predicted octanol–water partition coefficient (Wildman–Crippen LogP) is 3.10. The summed E-state index contributed by atoms with van der Waals surface area (Å²) < 4.78 is 1.68. The molecule has 2 unspecified atom stereocenters. The number of phenolic OH excluding ortho intramolecular Hbond substituents is 1. The van der Waals surface area contributed by atoms with Gasteiger partial charge in [-0.2, -0.15) is 0 Å². The lowest BCUT2D eigenvalue weighted by Gasteiger charge is -2.25. The van der Waals surface area contributed by atoms with Gasteiger partial charge in [0.2, 0.25) is 0 Å². The van der Waals surface area contributed by atoms with Gasteiger partial charge in [0.05, 0.1) is 5.69 Å². The molecule has 1 aliphatic heterocycles. The molecule has 4 N–H and O–H groups in total. The molecular formula is C21H30N4O2. The molecule has 0 bridgehead atoms. The Morgan fingerprint density at radius 2 is 2.26 bits per heavy atom. The summed E-state index contributed by atoms with van der Waals surface area (Å²) in [6, 6.07) is 5.69. The lowest BCUT2D eigenvalue weighted by molar-refractivity contribution is 0.364. The number of nitrogen functional groups attached to an aromatic ring is 1. The molecule has 0 spiro atoms. The molecule has 0 radical (unpaired) electrons. The van der Waals surface area contributed by atoms with Crippen LogP contribution in [0.15, 0.2) is 29.2 Å². The quantitative estimate of drug-likeness (QED) is 0.726. The van der Waals surface area contributed by atoms with Gasteiger partial charge in [0.25, 0.3) is 5.56 Å². The second-order valence-corrected chi connectivity index (χ2v) is 7.67. The Labute approximate surface area is 160 Å². The molecule has 146 valence electrons. The third-order valence-corrected chi connectivity index (χ3v) is 5.32. The smallest absolute Gasteiger partial charge is 0.293 e. The summed E-state index contributed by atoms with van der Waals surface area (Å²) in [7, 11) is 0. The zero-order chi connectivity index (χ0) is 19.4. The molecule has 0 aliphatic carbocycles. The van der Waals surface area contributed by atoms with Crippen molar-refractivity contribution >= 4 is 5.82 Å². The average molecular weight is 370 g/mol. The van der Waals surface area contributed by atoms with E-state index in [1.54, 1.807) is 16.8 Å². The number of nitrogens with two attached hydrogens (primary N) is 1. The maximum Gasteiger partial charge on any atom is 0.293 e. The third-order valence-electron chi connectivity index (χ3n) is 5.32. The Hall–Kier alpha value is -2.34. The number of anilines is 1. The van der Waals surface area contributed by atoms with Crippen molar-refractivity contribution in [1.29, 1.82) is 0 Å². The molecule has 2 aromatic rings. The standard InChI is InChI=1S/C21H30N4O2/c1-3-5-14(2)10-15-7-8-19(26)17(11-15)18-13-25(21(27)20(22)24-18)16-6-4-9-23-12-16/h7-8,11,13-14,16,23,26H,3-6,9-10,12H2,1-2H3,(H2,22,24). The minimum absolute atomic E-state index is 0.0257. The molecule has 1 fully saturated rings. The lowest BCUT2D eigenvalue weighted by Crippen LogP contribution is -2.37. The van der Waals surface area contributed by atoms with Crippen molar-refractivity contribution in [2.24, 2.45) is 5.92 Å². The number of hydrogen-bond donors (Lipinski definition) is 3. The molecule has 2 heterocycles. The third kappa shape index (κ3) is 4.50. The fourth-order valence-corrected chi connectivity index (χ4v) is 3.91. The van der Waals surface area contributed by atoms with Gasteiger partial charge < -0.3 is 20.7 Å². The summed E-state index contributed by atoms with van der Waals surface area (Å²) in [4.78, 5) is 16.8. The van der Waals surface area contributed by atoms with E-state index < -0.39 is 0 Å². The fourth-order valence-electron chi connectivity index (χ4n) is 3.91. The molecule has 0 amide bonds. The normalized spacial score (nSPS) is 18.4. The fraction of sp³-hybridized carbons (Fsp3) is 0.524. The van der Waals surface area contributed by atoms with Gasteiger partial charge in [-0.1, -0.05) is 32.8 Å². The van der Waals surface area contributed by atoms with Gasteiger partial charge in [0.1, 0.15) is 5.75 Å². The van der Waals surface area contributed by atoms with Crippen LogP contribution in [0.3, 0.4) is 0 Å². The maximum atomic E-state index is 12.5. The van der Waals surface area contributed by atoms with E-state index in [1.165, 1.54) is 6.42 Å². The average Bonchev–Trinajstić information content (AvgIpc) is 2.66. The number of rotatable bonds is 6. The van der Waals surface area contributed by atoms with Crippen LogP contribution >= 0.6 is 0 Å². The van der Waals surface area contributed by atoms with E-state index in [-0.39, 0.29) is 23.2 Å². The molecule has 1 aliphatic rings. The molecule has 6 nitrogen and oxygen atoms in total. The number of nitrogens with zero attached hydrogens (tertiary/aromatic N) is 2. The topological polar surface area (TPSA) is 93.2 Å². The van der Waals surface area contributed by atoms with Gasteiger partial charge in [-0.05, 0) is 49.4 Å². The summed E-state index contributed by atoms with van der Waals surface area (Å²) in [5, 5.41) is 13.7. The van der Waals surface area contributed by atoms with E-state index in [2.05, 4.69) is 24.1 Å². The minimum Gasteiger partial charge on any atom is -0.507 e. The van der Waals surface area contributed by atoms with Crippen molar-refractivity contribution in [1.82, 2.24) is 14.9 Å². The monoisotopic (exact) mass is 370 g/mol. The van der Waals surface area contributed by atoms with Gasteiger partial charge >= 0.3 is 0 Å². The van der Waals surface area contributed by atoms with Crippen LogP contribution in [0, 0.1) is 5.92 Å². The minimum atomic E-state index is -0.264. The number of piperidine rings is 1. The number of nitrogens with one attached hydrogen (secondary N) is 1. The molecule has 2 atom stereocenters. The van der Waals surface area contributed by atoms with E-state index in [9.17, 15) is 9.90 Å². The second-order valence-electron chi connectivity index (χ2n) is 7.67. The summed E-state index contributed by atoms with van der Waals surface area (Å²) in [5.74, 6) is 0.704. The summed E-state index contributed by atoms with van der Waals surface area (Å²) in [5.41, 5.74) is 7.98. The van der Waals surface area contributed by atoms with E-state index in [4.69, 9.17) is 5.73 Å². The molecule has 1 aromatic carbocycles. The molecular weight excluding hydrogens is 340 g/mol. The Kier molecular flexibility index (Phi) is 6.16. The zero-order valence-electron chi connectivity index (χ0n) is 16.2. The van der Waals surface area contributed by atoms with E-state index in [0.717, 1.165) is 44.3 Å². The predicted molar refractivity (Wildman–Crippen MR) is 109 cm³/mol. The first-order chi connectivity index (χ1) is 13.0. The molecule has 0 saturated carbocycles. The van der Waals surface area contributed by atoms with Crippen LogP contribution in [0.25, 0.3) is 11.3 Å². The van der Waals surface area contributed by atoms with Crippen LogP contribution < -0.4 is 16.6 Å². The largest absolute Gasteiger partial charge is 0.507 e. The zero-order valence-corrected chi connectivity index (χ0v) is 16.2. The Bertz CT molecular complexity index is 841. The number of aromatic nitrogens is 2. The van der Waals surface area contributed by atoms with Gasteiger partial charge in [0.15, 0.2) is 5.82 Å². The first kappa shape index (κ1) is 19.4. The Balaban J connectivity index is 1.98. The SMILES string of the molecule is CCCC(C)Cc1ccc(O)c(-c2cn(C3CCCNC3)c(=O)c(N)n2)c1. The summed E-state index contributed by atoms with van der Waals surface area (Å²) in [6.45, 7) is 6.14.